The van der Waals surface area contributed by atoms with Crippen LogP contribution in [0.15, 0.2) is 24.3 Å². The lowest BCUT2D eigenvalue weighted by molar-refractivity contribution is 0.0173. The zero-order valence-electron chi connectivity index (χ0n) is 10.1. The van der Waals surface area contributed by atoms with Crippen LogP contribution < -0.4 is 0 Å². The molecule has 1 aliphatic carbocycles. The third-order valence-electron chi connectivity index (χ3n) is 3.32. The highest BCUT2D eigenvalue weighted by Crippen LogP contribution is 2.26. The monoisotopic (exact) mass is 234 g/mol. The molecule has 0 aliphatic heterocycles. The lowest BCUT2D eigenvalue weighted by Gasteiger charge is -2.25. The number of rotatable bonds is 2. The second kappa shape index (κ2) is 5.21. The molecule has 0 amide bonds. The van der Waals surface area contributed by atoms with E-state index in [1.54, 1.807) is 18.2 Å². The Morgan fingerprint density at radius 2 is 2.00 bits per heavy atom. The van der Waals surface area contributed by atoms with Gasteiger partial charge in [-0.3, -0.25) is 0 Å². The van der Waals surface area contributed by atoms with Crippen molar-refractivity contribution in [1.29, 1.82) is 0 Å². The Labute approximate surface area is 101 Å². The molecular formula is C14H18O3. The van der Waals surface area contributed by atoms with Gasteiger partial charge >= 0.3 is 5.97 Å². The van der Waals surface area contributed by atoms with Crippen LogP contribution in [0.1, 0.15) is 43.0 Å². The molecule has 1 fully saturated rings. The second-order valence-corrected chi connectivity index (χ2v) is 4.84. The first-order valence-corrected chi connectivity index (χ1v) is 6.15. The van der Waals surface area contributed by atoms with Gasteiger partial charge in [0, 0.05) is 0 Å². The van der Waals surface area contributed by atoms with Crippen molar-refractivity contribution in [2.24, 2.45) is 5.92 Å². The number of carbonyl (C=O) groups is 1. The highest BCUT2D eigenvalue weighted by Gasteiger charge is 2.22. The van der Waals surface area contributed by atoms with Crippen LogP contribution in [0, 0.1) is 5.92 Å². The van der Waals surface area contributed by atoms with Crippen molar-refractivity contribution in [2.45, 2.75) is 38.7 Å². The number of ether oxygens (including phenoxy) is 1. The third kappa shape index (κ3) is 3.22. The lowest BCUT2D eigenvalue weighted by Crippen LogP contribution is -2.23. The molecule has 1 N–H and O–H groups in total. The SMILES string of the molecule is CC1CCC(OC(=O)c2cccc(O)c2)CC1. The van der Waals surface area contributed by atoms with Gasteiger partial charge in [-0.05, 0) is 49.8 Å². The summed E-state index contributed by atoms with van der Waals surface area (Å²) in [7, 11) is 0. The van der Waals surface area contributed by atoms with Crippen molar-refractivity contribution < 1.29 is 14.6 Å². The zero-order chi connectivity index (χ0) is 12.3. The fourth-order valence-corrected chi connectivity index (χ4v) is 2.20. The first-order chi connectivity index (χ1) is 8.15. The number of hydrogen-bond donors (Lipinski definition) is 1. The van der Waals surface area contributed by atoms with Gasteiger partial charge in [-0.2, -0.15) is 0 Å². The first kappa shape index (κ1) is 12.0. The van der Waals surface area contributed by atoms with Crippen LogP contribution in [0.5, 0.6) is 5.75 Å². The van der Waals surface area contributed by atoms with E-state index in [2.05, 4.69) is 6.92 Å². The van der Waals surface area contributed by atoms with E-state index in [4.69, 9.17) is 4.74 Å². The third-order valence-corrected chi connectivity index (χ3v) is 3.32. The smallest absolute Gasteiger partial charge is 0.338 e. The molecule has 3 heteroatoms. The maximum atomic E-state index is 11.8. The number of phenols is 1. The van der Waals surface area contributed by atoms with Gasteiger partial charge in [0.15, 0.2) is 0 Å². The van der Waals surface area contributed by atoms with Crippen LogP contribution in [0.4, 0.5) is 0 Å². The molecule has 17 heavy (non-hydrogen) atoms. The summed E-state index contributed by atoms with van der Waals surface area (Å²) in [5.74, 6) is 0.503. The number of benzene rings is 1. The average Bonchev–Trinajstić information content (AvgIpc) is 2.32. The van der Waals surface area contributed by atoms with Crippen molar-refractivity contribution in [3.8, 4) is 5.75 Å². The molecule has 0 aromatic heterocycles. The topological polar surface area (TPSA) is 46.5 Å². The minimum absolute atomic E-state index is 0.0426. The van der Waals surface area contributed by atoms with Gasteiger partial charge in [0.05, 0.1) is 5.56 Å². The molecule has 0 unspecified atom stereocenters. The predicted octanol–water partition coefficient (Wildman–Crippen LogP) is 3.13. The molecule has 0 saturated heterocycles. The highest BCUT2D eigenvalue weighted by molar-refractivity contribution is 5.89. The van der Waals surface area contributed by atoms with Gasteiger partial charge in [0.25, 0.3) is 0 Å². The lowest BCUT2D eigenvalue weighted by atomic mass is 9.89. The predicted molar refractivity (Wildman–Crippen MR) is 64.9 cm³/mol. The Morgan fingerprint density at radius 1 is 1.29 bits per heavy atom. The standard InChI is InChI=1S/C14H18O3/c1-10-5-7-13(8-6-10)17-14(16)11-3-2-4-12(15)9-11/h2-4,9-10,13,15H,5-8H2,1H3. The van der Waals surface area contributed by atoms with Crippen LogP contribution in [0.2, 0.25) is 0 Å². The molecule has 0 radical (unpaired) electrons. The minimum Gasteiger partial charge on any atom is -0.508 e. The molecule has 0 heterocycles. The summed E-state index contributed by atoms with van der Waals surface area (Å²) in [5.41, 5.74) is 0.420. The van der Waals surface area contributed by atoms with Crippen molar-refractivity contribution in [2.75, 3.05) is 0 Å². The van der Waals surface area contributed by atoms with E-state index in [9.17, 15) is 9.90 Å². The second-order valence-electron chi connectivity index (χ2n) is 4.84. The maximum absolute atomic E-state index is 11.8. The van der Waals surface area contributed by atoms with E-state index in [0.29, 0.717) is 5.56 Å². The average molecular weight is 234 g/mol. The van der Waals surface area contributed by atoms with E-state index in [1.807, 2.05) is 0 Å². The number of phenolic OH excluding ortho intramolecular Hbond substituents is 1. The Balaban J connectivity index is 1.93. The van der Waals surface area contributed by atoms with Gasteiger partial charge in [0.1, 0.15) is 11.9 Å². The van der Waals surface area contributed by atoms with Crippen LogP contribution >= 0.6 is 0 Å². The zero-order valence-corrected chi connectivity index (χ0v) is 10.1. The molecule has 2 rings (SSSR count). The van der Waals surface area contributed by atoms with Gasteiger partial charge in [0.2, 0.25) is 0 Å². The van der Waals surface area contributed by atoms with Gasteiger partial charge in [-0.1, -0.05) is 13.0 Å². The van der Waals surface area contributed by atoms with E-state index in [1.165, 1.54) is 6.07 Å². The molecule has 0 atom stereocenters. The number of carbonyl (C=O) groups excluding carboxylic acids is 1. The summed E-state index contributed by atoms with van der Waals surface area (Å²) in [6.45, 7) is 2.23. The quantitative estimate of drug-likeness (QED) is 0.800. The van der Waals surface area contributed by atoms with Gasteiger partial charge in [-0.25, -0.2) is 4.79 Å². The molecule has 3 nitrogen and oxygen atoms in total. The Kier molecular flexibility index (Phi) is 3.67. The van der Waals surface area contributed by atoms with Crippen molar-refractivity contribution in [3.63, 3.8) is 0 Å². The highest BCUT2D eigenvalue weighted by atomic mass is 16.5. The summed E-state index contributed by atoms with van der Waals surface area (Å²) < 4.78 is 5.43. The maximum Gasteiger partial charge on any atom is 0.338 e. The van der Waals surface area contributed by atoms with Crippen molar-refractivity contribution in [3.05, 3.63) is 29.8 Å². The molecule has 1 aromatic carbocycles. The summed E-state index contributed by atoms with van der Waals surface area (Å²) >= 11 is 0. The Hall–Kier alpha value is -1.51. The summed E-state index contributed by atoms with van der Waals surface area (Å²) in [5, 5.41) is 9.29. The molecular weight excluding hydrogens is 216 g/mol. The van der Waals surface area contributed by atoms with Crippen LogP contribution in [0.3, 0.4) is 0 Å². The fourth-order valence-electron chi connectivity index (χ4n) is 2.20. The molecule has 1 aliphatic rings. The normalized spacial score (nSPS) is 24.3. The van der Waals surface area contributed by atoms with Crippen LogP contribution in [0.25, 0.3) is 0 Å². The number of esters is 1. The van der Waals surface area contributed by atoms with Crippen LogP contribution in [-0.4, -0.2) is 17.2 Å². The first-order valence-electron chi connectivity index (χ1n) is 6.15. The summed E-state index contributed by atoms with van der Waals surface area (Å²) in [4.78, 5) is 11.8. The van der Waals surface area contributed by atoms with Crippen molar-refractivity contribution in [1.82, 2.24) is 0 Å². The molecule has 1 aromatic rings. The summed E-state index contributed by atoms with van der Waals surface area (Å²) in [6, 6.07) is 6.29. The molecule has 1 saturated carbocycles. The number of aromatic hydroxyl groups is 1. The molecule has 0 bridgehead atoms. The minimum atomic E-state index is -0.333. The summed E-state index contributed by atoms with van der Waals surface area (Å²) in [6.07, 6.45) is 4.19. The van der Waals surface area contributed by atoms with Crippen LogP contribution in [-0.2, 0) is 4.74 Å². The van der Waals surface area contributed by atoms with E-state index < -0.39 is 0 Å². The fraction of sp³-hybridized carbons (Fsp3) is 0.500. The largest absolute Gasteiger partial charge is 0.508 e. The molecule has 92 valence electrons. The number of hydrogen-bond acceptors (Lipinski definition) is 3. The Bertz CT molecular complexity index is 392. The van der Waals surface area contributed by atoms with E-state index >= 15 is 0 Å². The van der Waals surface area contributed by atoms with Gasteiger partial charge in [-0.15, -0.1) is 0 Å². The van der Waals surface area contributed by atoms with E-state index in [-0.39, 0.29) is 17.8 Å². The van der Waals surface area contributed by atoms with E-state index in [0.717, 1.165) is 31.6 Å². The molecule has 0 spiro atoms. The van der Waals surface area contributed by atoms with Crippen molar-refractivity contribution >= 4 is 5.97 Å². The van der Waals surface area contributed by atoms with Gasteiger partial charge < -0.3 is 9.84 Å². The Morgan fingerprint density at radius 3 is 2.65 bits per heavy atom.